The van der Waals surface area contributed by atoms with Crippen molar-refractivity contribution in [1.29, 1.82) is 0 Å². The van der Waals surface area contributed by atoms with Crippen molar-refractivity contribution in [2.75, 3.05) is 5.43 Å². The quantitative estimate of drug-likeness (QED) is 0.193. The van der Waals surface area contributed by atoms with Crippen molar-refractivity contribution >= 4 is 34.3 Å². The molecule has 0 bridgehead atoms. The van der Waals surface area contributed by atoms with Gasteiger partial charge in [-0.25, -0.2) is 19.8 Å². The molecule has 0 atom stereocenters. The molecule has 0 saturated carbocycles. The Hall–Kier alpha value is -3.13. The van der Waals surface area contributed by atoms with E-state index in [4.69, 9.17) is 0 Å². The molecule has 1 heterocycles. The Bertz CT molecular complexity index is 1170. The summed E-state index contributed by atoms with van der Waals surface area (Å²) in [7, 11) is 0. The maximum Gasteiger partial charge on any atom is 0.244 e. The number of hydrogen-bond donors (Lipinski definition) is 1. The normalized spacial score (nSPS) is 11.4. The maximum absolute atomic E-state index is 13.4. The number of nitrogens with zero attached hydrogens (tertiary/aromatic N) is 3. The predicted octanol–water partition coefficient (Wildman–Crippen LogP) is 6.39. The van der Waals surface area contributed by atoms with Crippen LogP contribution in [0.5, 0.6) is 0 Å². The summed E-state index contributed by atoms with van der Waals surface area (Å²) in [4.78, 5) is 9.21. The van der Waals surface area contributed by atoms with Gasteiger partial charge in [-0.15, -0.1) is 0 Å². The highest BCUT2D eigenvalue weighted by atomic mass is 127. The summed E-state index contributed by atoms with van der Waals surface area (Å²) in [6, 6.07) is 26.1. The first kappa shape index (κ1) is 20.2. The van der Waals surface area contributed by atoms with Gasteiger partial charge in [0.25, 0.3) is 0 Å². The number of nitrogens with one attached hydrogen (secondary N) is 1. The van der Waals surface area contributed by atoms with Gasteiger partial charge in [0.15, 0.2) is 0 Å². The largest absolute Gasteiger partial charge is 0.245 e. The van der Waals surface area contributed by atoms with E-state index in [0.717, 1.165) is 28.1 Å². The van der Waals surface area contributed by atoms with Crippen molar-refractivity contribution in [3.05, 3.63) is 99.9 Å². The van der Waals surface area contributed by atoms with E-state index in [1.807, 2.05) is 67.6 Å². The molecule has 4 nitrogen and oxygen atoms in total. The zero-order valence-corrected chi connectivity index (χ0v) is 18.3. The van der Waals surface area contributed by atoms with E-state index in [2.05, 4.69) is 43.1 Å². The van der Waals surface area contributed by atoms with Crippen LogP contribution in [0.1, 0.15) is 12.5 Å². The summed E-state index contributed by atoms with van der Waals surface area (Å²) in [6.45, 7) is 1.93. The Morgan fingerprint density at radius 2 is 1.43 bits per heavy atom. The van der Waals surface area contributed by atoms with Crippen molar-refractivity contribution in [2.24, 2.45) is 5.10 Å². The van der Waals surface area contributed by atoms with Gasteiger partial charge < -0.3 is 0 Å². The number of hydrogen-bond acceptors (Lipinski definition) is 4. The lowest BCUT2D eigenvalue weighted by atomic mass is 10.1. The molecule has 1 aromatic heterocycles. The first-order valence-corrected chi connectivity index (χ1v) is 10.4. The van der Waals surface area contributed by atoms with Gasteiger partial charge in [-0.3, -0.25) is 0 Å². The fourth-order valence-electron chi connectivity index (χ4n) is 2.91. The standard InChI is InChI=1S/C24H18FIN4/c1-16(17-9-13-21(26)14-10-17)29-30-24-27-22(18-5-3-2-4-6-18)15-23(28-24)19-7-11-20(25)12-8-19/h2-15H,1H3,(H,27,28,30). The van der Waals surface area contributed by atoms with Gasteiger partial charge in [0.1, 0.15) is 5.82 Å². The Labute approximate surface area is 188 Å². The van der Waals surface area contributed by atoms with Crippen LogP contribution in [0.4, 0.5) is 10.3 Å². The first-order valence-electron chi connectivity index (χ1n) is 9.35. The van der Waals surface area contributed by atoms with E-state index >= 15 is 0 Å². The van der Waals surface area contributed by atoms with Gasteiger partial charge in [0, 0.05) is 14.7 Å². The van der Waals surface area contributed by atoms with E-state index in [9.17, 15) is 4.39 Å². The number of aromatic nitrogens is 2. The molecule has 0 aliphatic carbocycles. The summed E-state index contributed by atoms with van der Waals surface area (Å²) in [5.74, 6) is 0.0905. The third-order valence-electron chi connectivity index (χ3n) is 4.52. The Kier molecular flexibility index (Phi) is 6.13. The van der Waals surface area contributed by atoms with Crippen LogP contribution in [0.2, 0.25) is 0 Å². The highest BCUT2D eigenvalue weighted by Gasteiger charge is 2.09. The average molecular weight is 508 g/mol. The fraction of sp³-hybridized carbons (Fsp3) is 0.0417. The zero-order chi connectivity index (χ0) is 20.9. The number of anilines is 1. The van der Waals surface area contributed by atoms with E-state index in [1.165, 1.54) is 15.7 Å². The van der Waals surface area contributed by atoms with Crippen molar-refractivity contribution in [2.45, 2.75) is 6.92 Å². The van der Waals surface area contributed by atoms with Crippen LogP contribution in [0.15, 0.2) is 90.0 Å². The van der Waals surface area contributed by atoms with Crippen LogP contribution in [-0.2, 0) is 0 Å². The molecule has 0 radical (unpaired) electrons. The number of benzene rings is 3. The Morgan fingerprint density at radius 1 is 0.833 bits per heavy atom. The average Bonchev–Trinajstić information content (AvgIpc) is 2.79. The molecule has 0 amide bonds. The minimum absolute atomic E-state index is 0.285. The van der Waals surface area contributed by atoms with Crippen molar-refractivity contribution in [3.8, 4) is 22.5 Å². The van der Waals surface area contributed by atoms with Gasteiger partial charge in [0.05, 0.1) is 17.1 Å². The summed E-state index contributed by atoms with van der Waals surface area (Å²) in [6.07, 6.45) is 0. The Morgan fingerprint density at radius 3 is 2.07 bits per heavy atom. The maximum atomic E-state index is 13.4. The molecular formula is C24H18FIN4. The molecule has 0 fully saturated rings. The van der Waals surface area contributed by atoms with Crippen LogP contribution >= 0.6 is 22.6 Å². The molecule has 4 rings (SSSR count). The smallest absolute Gasteiger partial charge is 0.244 e. The van der Waals surface area contributed by atoms with Gasteiger partial charge in [-0.05, 0) is 77.5 Å². The molecule has 6 heteroatoms. The topological polar surface area (TPSA) is 50.2 Å². The van der Waals surface area contributed by atoms with Crippen LogP contribution in [0, 0.1) is 9.39 Å². The molecule has 1 N–H and O–H groups in total. The molecule has 0 unspecified atom stereocenters. The van der Waals surface area contributed by atoms with Gasteiger partial charge in [-0.2, -0.15) is 5.10 Å². The molecular weight excluding hydrogens is 490 g/mol. The minimum atomic E-state index is -0.285. The van der Waals surface area contributed by atoms with Crippen molar-refractivity contribution < 1.29 is 4.39 Å². The first-order chi connectivity index (χ1) is 14.6. The van der Waals surface area contributed by atoms with E-state index in [1.54, 1.807) is 12.1 Å². The summed E-state index contributed by atoms with van der Waals surface area (Å²) >= 11 is 2.27. The van der Waals surface area contributed by atoms with Gasteiger partial charge in [-0.1, -0.05) is 42.5 Å². The third-order valence-corrected chi connectivity index (χ3v) is 5.24. The molecule has 0 saturated heterocycles. The molecule has 30 heavy (non-hydrogen) atoms. The predicted molar refractivity (Wildman–Crippen MR) is 128 cm³/mol. The fourth-order valence-corrected chi connectivity index (χ4v) is 3.27. The SMILES string of the molecule is CC(=NNc1nc(-c2ccccc2)cc(-c2ccc(F)cc2)n1)c1ccc(I)cc1. The Balaban J connectivity index is 1.71. The lowest BCUT2D eigenvalue weighted by molar-refractivity contribution is 0.628. The van der Waals surface area contributed by atoms with Gasteiger partial charge >= 0.3 is 0 Å². The third kappa shape index (κ3) is 4.88. The molecule has 3 aromatic carbocycles. The van der Waals surface area contributed by atoms with Crippen LogP contribution in [-0.4, -0.2) is 15.7 Å². The summed E-state index contributed by atoms with van der Waals surface area (Å²) in [5, 5.41) is 4.46. The molecule has 4 aromatic rings. The number of hydrazone groups is 1. The minimum Gasteiger partial charge on any atom is -0.245 e. The van der Waals surface area contributed by atoms with E-state index in [0.29, 0.717) is 11.6 Å². The van der Waals surface area contributed by atoms with Gasteiger partial charge in [0.2, 0.25) is 5.95 Å². The zero-order valence-electron chi connectivity index (χ0n) is 16.2. The second-order valence-corrected chi connectivity index (χ2v) is 7.90. The highest BCUT2D eigenvalue weighted by molar-refractivity contribution is 14.1. The second kappa shape index (κ2) is 9.13. The molecule has 0 spiro atoms. The monoisotopic (exact) mass is 508 g/mol. The van der Waals surface area contributed by atoms with E-state index < -0.39 is 0 Å². The molecule has 148 valence electrons. The van der Waals surface area contributed by atoms with Crippen LogP contribution in [0.3, 0.4) is 0 Å². The summed E-state index contributed by atoms with van der Waals surface area (Å²) in [5.41, 5.74) is 8.03. The van der Waals surface area contributed by atoms with E-state index in [-0.39, 0.29) is 5.82 Å². The van der Waals surface area contributed by atoms with Crippen LogP contribution in [0.25, 0.3) is 22.5 Å². The molecule has 0 aliphatic heterocycles. The lowest BCUT2D eigenvalue weighted by Crippen LogP contribution is -2.04. The number of rotatable bonds is 5. The van der Waals surface area contributed by atoms with Crippen LogP contribution < -0.4 is 5.43 Å². The second-order valence-electron chi connectivity index (χ2n) is 6.65. The van der Waals surface area contributed by atoms with Crippen molar-refractivity contribution in [3.63, 3.8) is 0 Å². The highest BCUT2D eigenvalue weighted by Crippen LogP contribution is 2.25. The van der Waals surface area contributed by atoms with Crippen molar-refractivity contribution in [1.82, 2.24) is 9.97 Å². The summed E-state index contributed by atoms with van der Waals surface area (Å²) < 4.78 is 14.5. The number of halogens is 2. The lowest BCUT2D eigenvalue weighted by Gasteiger charge is -2.09. The molecule has 0 aliphatic rings.